The smallest absolute Gasteiger partial charge is 0.258 e. The zero-order chi connectivity index (χ0) is 18.8. The maximum atomic E-state index is 12.6. The molecule has 3 aromatic rings. The molecule has 0 spiro atoms. The van der Waals surface area contributed by atoms with Crippen LogP contribution in [0.1, 0.15) is 23.7 Å². The van der Waals surface area contributed by atoms with Crippen molar-refractivity contribution in [3.8, 4) is 0 Å². The average Bonchev–Trinajstić information content (AvgIpc) is 2.97. The largest absolute Gasteiger partial charge is 0.325 e. The van der Waals surface area contributed by atoms with Crippen molar-refractivity contribution in [1.82, 2.24) is 0 Å². The van der Waals surface area contributed by atoms with Crippen LogP contribution < -0.4 is 10.2 Å². The van der Waals surface area contributed by atoms with Gasteiger partial charge in [0.1, 0.15) is 0 Å². The number of hydrogen-bond acceptors (Lipinski definition) is 3. The van der Waals surface area contributed by atoms with Gasteiger partial charge in [0.05, 0.1) is 5.69 Å². The first-order valence-corrected chi connectivity index (χ1v) is 10.0. The van der Waals surface area contributed by atoms with E-state index in [1.165, 1.54) is 0 Å². The molecule has 0 bridgehead atoms. The normalized spacial score (nSPS) is 12.6. The number of rotatable bonds is 6. The molecular formula is C22H20N2O2S. The molecule has 1 heterocycles. The van der Waals surface area contributed by atoms with E-state index < -0.39 is 0 Å². The minimum absolute atomic E-state index is 0.0178. The van der Waals surface area contributed by atoms with E-state index in [4.69, 9.17) is 0 Å². The van der Waals surface area contributed by atoms with Crippen molar-refractivity contribution in [3.05, 3.63) is 66.2 Å². The Morgan fingerprint density at radius 1 is 1.04 bits per heavy atom. The fraction of sp³-hybridized carbons (Fsp3) is 0.182. The fourth-order valence-electron chi connectivity index (χ4n) is 3.46. The molecule has 136 valence electrons. The molecule has 3 aromatic carbocycles. The second kappa shape index (κ2) is 7.45. The first kappa shape index (κ1) is 17.6. The molecule has 0 saturated carbocycles. The van der Waals surface area contributed by atoms with Crippen LogP contribution in [-0.4, -0.2) is 24.1 Å². The highest BCUT2D eigenvalue weighted by atomic mass is 32.2. The Morgan fingerprint density at radius 3 is 2.63 bits per heavy atom. The van der Waals surface area contributed by atoms with E-state index in [0.29, 0.717) is 18.5 Å². The summed E-state index contributed by atoms with van der Waals surface area (Å²) in [5.41, 5.74) is 2.39. The monoisotopic (exact) mass is 376 g/mol. The lowest BCUT2D eigenvalue weighted by atomic mass is 10.0. The van der Waals surface area contributed by atoms with Crippen LogP contribution in [0.4, 0.5) is 11.4 Å². The van der Waals surface area contributed by atoms with E-state index in [1.807, 2.05) is 67.6 Å². The highest BCUT2D eigenvalue weighted by molar-refractivity contribution is 7.99. The van der Waals surface area contributed by atoms with Crippen molar-refractivity contribution in [2.75, 3.05) is 22.5 Å². The van der Waals surface area contributed by atoms with Crippen LogP contribution in [0.15, 0.2) is 65.6 Å². The molecule has 1 aliphatic rings. The van der Waals surface area contributed by atoms with Crippen molar-refractivity contribution < 1.29 is 9.59 Å². The molecule has 0 aromatic heterocycles. The molecule has 0 radical (unpaired) electrons. The van der Waals surface area contributed by atoms with Gasteiger partial charge in [0.15, 0.2) is 0 Å². The van der Waals surface area contributed by atoms with Crippen molar-refractivity contribution in [2.24, 2.45) is 0 Å². The summed E-state index contributed by atoms with van der Waals surface area (Å²) in [6.07, 6.45) is 0.433. The minimum Gasteiger partial charge on any atom is -0.325 e. The summed E-state index contributed by atoms with van der Waals surface area (Å²) in [7, 11) is 0. The highest BCUT2D eigenvalue weighted by Crippen LogP contribution is 2.40. The molecule has 0 unspecified atom stereocenters. The summed E-state index contributed by atoms with van der Waals surface area (Å²) in [6.45, 7) is 2.60. The molecule has 0 fully saturated rings. The van der Waals surface area contributed by atoms with Crippen LogP contribution >= 0.6 is 11.8 Å². The fourth-order valence-corrected chi connectivity index (χ4v) is 4.33. The molecule has 0 atom stereocenters. The summed E-state index contributed by atoms with van der Waals surface area (Å²) in [6, 6.07) is 19.6. The van der Waals surface area contributed by atoms with E-state index in [-0.39, 0.29) is 11.8 Å². The Kier molecular flexibility index (Phi) is 4.86. The second-order valence-corrected chi connectivity index (χ2v) is 7.54. The molecule has 5 heteroatoms. The topological polar surface area (TPSA) is 49.4 Å². The van der Waals surface area contributed by atoms with Crippen LogP contribution in [0.25, 0.3) is 10.8 Å². The first-order valence-electron chi connectivity index (χ1n) is 9.04. The van der Waals surface area contributed by atoms with Gasteiger partial charge in [0.25, 0.3) is 5.91 Å². The van der Waals surface area contributed by atoms with Crippen molar-refractivity contribution in [3.63, 3.8) is 0 Å². The number of anilines is 2. The maximum Gasteiger partial charge on any atom is 0.258 e. The number of benzene rings is 3. The van der Waals surface area contributed by atoms with Crippen molar-refractivity contribution in [2.45, 2.75) is 18.2 Å². The summed E-state index contributed by atoms with van der Waals surface area (Å²) >= 11 is 1.67. The van der Waals surface area contributed by atoms with Crippen molar-refractivity contribution in [1.29, 1.82) is 0 Å². The van der Waals surface area contributed by atoms with Gasteiger partial charge in [-0.15, -0.1) is 11.8 Å². The minimum atomic E-state index is -0.0178. The predicted molar refractivity (Wildman–Crippen MR) is 112 cm³/mol. The number of nitrogens with zero attached hydrogens (tertiary/aromatic N) is 1. The molecule has 1 aliphatic heterocycles. The molecule has 1 N–H and O–H groups in total. The van der Waals surface area contributed by atoms with E-state index in [1.54, 1.807) is 16.7 Å². The summed E-state index contributed by atoms with van der Waals surface area (Å²) < 4.78 is 0. The number of carbonyl (C=O) groups is 2. The predicted octanol–water partition coefficient (Wildman–Crippen LogP) is 4.94. The van der Waals surface area contributed by atoms with Gasteiger partial charge in [0, 0.05) is 45.6 Å². The van der Waals surface area contributed by atoms with E-state index >= 15 is 0 Å². The third-order valence-corrected chi connectivity index (χ3v) is 5.73. The zero-order valence-corrected chi connectivity index (χ0v) is 15.9. The van der Waals surface area contributed by atoms with Gasteiger partial charge in [-0.05, 0) is 37.3 Å². The number of nitrogens with one attached hydrogen (secondary N) is 1. The standard InChI is InChI=1S/C22H20N2O2S/c1-2-24-19-10-6-9-16-18(12-11-17(21(16)19)22(24)26)23-20(25)13-14-27-15-7-4-3-5-8-15/h3-12H,2,13-14H2,1H3,(H,23,25). The van der Waals surface area contributed by atoms with Crippen LogP contribution in [0.3, 0.4) is 0 Å². The number of carbonyl (C=O) groups excluding carboxylic acids is 2. The molecule has 4 rings (SSSR count). The molecule has 0 aliphatic carbocycles. The molecule has 27 heavy (non-hydrogen) atoms. The Hall–Kier alpha value is -2.79. The average molecular weight is 376 g/mol. The summed E-state index contributed by atoms with van der Waals surface area (Å²) in [5, 5.41) is 4.87. The lowest BCUT2D eigenvalue weighted by Gasteiger charge is -2.14. The van der Waals surface area contributed by atoms with E-state index in [2.05, 4.69) is 5.32 Å². The third-order valence-electron chi connectivity index (χ3n) is 4.72. The highest BCUT2D eigenvalue weighted by Gasteiger charge is 2.29. The molecular weight excluding hydrogens is 356 g/mol. The first-order chi connectivity index (χ1) is 13.2. The number of amides is 2. The maximum absolute atomic E-state index is 12.6. The Bertz CT molecular complexity index is 1020. The number of hydrogen-bond donors (Lipinski definition) is 1. The third kappa shape index (κ3) is 3.30. The van der Waals surface area contributed by atoms with Crippen LogP contribution in [0, 0.1) is 0 Å². The lowest BCUT2D eigenvalue weighted by Crippen LogP contribution is -2.25. The van der Waals surface area contributed by atoms with Crippen LogP contribution in [-0.2, 0) is 4.79 Å². The Balaban J connectivity index is 1.51. The van der Waals surface area contributed by atoms with Gasteiger partial charge >= 0.3 is 0 Å². The summed E-state index contributed by atoms with van der Waals surface area (Å²) in [5.74, 6) is 0.732. The second-order valence-electron chi connectivity index (χ2n) is 6.37. The van der Waals surface area contributed by atoms with Gasteiger partial charge in [-0.25, -0.2) is 0 Å². The van der Waals surface area contributed by atoms with E-state index in [0.717, 1.165) is 32.8 Å². The van der Waals surface area contributed by atoms with Crippen LogP contribution in [0.2, 0.25) is 0 Å². The quantitative estimate of drug-likeness (QED) is 0.620. The van der Waals surface area contributed by atoms with Gasteiger partial charge < -0.3 is 10.2 Å². The Labute approximate surface area is 162 Å². The SMILES string of the molecule is CCN1C(=O)c2ccc(NC(=O)CCSc3ccccc3)c3cccc1c23. The van der Waals surface area contributed by atoms with Gasteiger partial charge in [-0.2, -0.15) is 0 Å². The molecule has 0 saturated heterocycles. The summed E-state index contributed by atoms with van der Waals surface area (Å²) in [4.78, 5) is 27.9. The molecule has 4 nitrogen and oxygen atoms in total. The zero-order valence-electron chi connectivity index (χ0n) is 15.1. The van der Waals surface area contributed by atoms with E-state index in [9.17, 15) is 9.59 Å². The Morgan fingerprint density at radius 2 is 1.85 bits per heavy atom. The van der Waals surface area contributed by atoms with Gasteiger partial charge in [-0.1, -0.05) is 30.3 Å². The lowest BCUT2D eigenvalue weighted by molar-refractivity contribution is -0.115. The van der Waals surface area contributed by atoms with Crippen molar-refractivity contribution >= 4 is 45.7 Å². The van der Waals surface area contributed by atoms with Crippen LogP contribution in [0.5, 0.6) is 0 Å². The van der Waals surface area contributed by atoms with Gasteiger partial charge in [0.2, 0.25) is 5.91 Å². The molecule has 2 amide bonds. The van der Waals surface area contributed by atoms with Gasteiger partial charge in [-0.3, -0.25) is 9.59 Å². The number of thioether (sulfide) groups is 1.